The lowest BCUT2D eigenvalue weighted by molar-refractivity contribution is 0.920. The standard InChI is InChI=1S/C18H20/c1-2-7-16-12-14-18(15-13-16)11-6-10-17-8-4-3-5-9-17/h3-6,8-10,12-15H,2,7,11H2,1H3. The third-order valence-electron chi connectivity index (χ3n) is 3.03. The summed E-state index contributed by atoms with van der Waals surface area (Å²) < 4.78 is 0. The molecule has 2 aromatic rings. The van der Waals surface area contributed by atoms with Crippen molar-refractivity contribution in [3.8, 4) is 0 Å². The Morgan fingerprint density at radius 1 is 0.833 bits per heavy atom. The maximum Gasteiger partial charge on any atom is -0.00941 e. The average Bonchev–Trinajstić information content (AvgIpc) is 2.42. The highest BCUT2D eigenvalue weighted by molar-refractivity contribution is 5.49. The third-order valence-corrected chi connectivity index (χ3v) is 3.03. The summed E-state index contributed by atoms with van der Waals surface area (Å²) in [5.74, 6) is 0. The van der Waals surface area contributed by atoms with Crippen LogP contribution in [0, 0.1) is 0 Å². The molecule has 92 valence electrons. The van der Waals surface area contributed by atoms with E-state index in [4.69, 9.17) is 0 Å². The van der Waals surface area contributed by atoms with E-state index in [1.54, 1.807) is 0 Å². The maximum atomic E-state index is 2.25. The van der Waals surface area contributed by atoms with E-state index < -0.39 is 0 Å². The molecule has 0 N–H and O–H groups in total. The largest absolute Gasteiger partial charge is 0.0795 e. The summed E-state index contributed by atoms with van der Waals surface area (Å²) in [7, 11) is 0. The molecule has 0 amide bonds. The van der Waals surface area contributed by atoms with Gasteiger partial charge in [0.15, 0.2) is 0 Å². The van der Waals surface area contributed by atoms with E-state index in [0.717, 1.165) is 6.42 Å². The molecule has 0 nitrogen and oxygen atoms in total. The van der Waals surface area contributed by atoms with Crippen molar-refractivity contribution in [2.75, 3.05) is 0 Å². The Balaban J connectivity index is 1.92. The van der Waals surface area contributed by atoms with Crippen molar-refractivity contribution in [2.45, 2.75) is 26.2 Å². The molecular weight excluding hydrogens is 216 g/mol. The molecule has 0 aliphatic rings. The van der Waals surface area contributed by atoms with E-state index in [0.29, 0.717) is 0 Å². The first-order chi connectivity index (χ1) is 8.88. The molecule has 0 bridgehead atoms. The molecule has 0 atom stereocenters. The predicted molar refractivity (Wildman–Crippen MR) is 79.6 cm³/mol. The lowest BCUT2D eigenvalue weighted by Crippen LogP contribution is -1.85. The SMILES string of the molecule is CCCc1ccc(CC=Cc2ccccc2)cc1. The van der Waals surface area contributed by atoms with Crippen LogP contribution in [-0.2, 0) is 12.8 Å². The zero-order valence-corrected chi connectivity index (χ0v) is 11.0. The molecule has 0 radical (unpaired) electrons. The third kappa shape index (κ3) is 3.89. The summed E-state index contributed by atoms with van der Waals surface area (Å²) in [5, 5.41) is 0. The van der Waals surface area contributed by atoms with Crippen LogP contribution in [0.4, 0.5) is 0 Å². The molecule has 0 aromatic heterocycles. The Hall–Kier alpha value is -1.82. The molecule has 0 saturated carbocycles. The average molecular weight is 236 g/mol. The van der Waals surface area contributed by atoms with Gasteiger partial charge >= 0.3 is 0 Å². The number of benzene rings is 2. The van der Waals surface area contributed by atoms with Crippen LogP contribution >= 0.6 is 0 Å². The van der Waals surface area contributed by atoms with Crippen molar-refractivity contribution in [1.82, 2.24) is 0 Å². The fourth-order valence-corrected chi connectivity index (χ4v) is 2.03. The Morgan fingerprint density at radius 3 is 2.17 bits per heavy atom. The number of rotatable bonds is 5. The first-order valence-electron chi connectivity index (χ1n) is 6.68. The van der Waals surface area contributed by atoms with Crippen LogP contribution in [0.3, 0.4) is 0 Å². The number of aryl methyl sites for hydroxylation is 1. The van der Waals surface area contributed by atoms with Crippen molar-refractivity contribution >= 4 is 6.08 Å². The van der Waals surface area contributed by atoms with Crippen molar-refractivity contribution in [3.05, 3.63) is 77.4 Å². The monoisotopic (exact) mass is 236 g/mol. The second-order valence-electron chi connectivity index (χ2n) is 4.58. The van der Waals surface area contributed by atoms with Crippen LogP contribution in [0.1, 0.15) is 30.0 Å². The van der Waals surface area contributed by atoms with Gasteiger partial charge in [-0.15, -0.1) is 0 Å². The summed E-state index contributed by atoms with van der Waals surface area (Å²) in [6, 6.07) is 19.4. The van der Waals surface area contributed by atoms with Gasteiger partial charge in [0, 0.05) is 0 Å². The van der Waals surface area contributed by atoms with E-state index in [1.165, 1.54) is 29.5 Å². The first kappa shape index (κ1) is 12.6. The Morgan fingerprint density at radius 2 is 1.50 bits per heavy atom. The minimum Gasteiger partial charge on any atom is -0.0795 e. The minimum absolute atomic E-state index is 1.00. The molecule has 0 saturated heterocycles. The van der Waals surface area contributed by atoms with Gasteiger partial charge in [0.25, 0.3) is 0 Å². The molecule has 0 aliphatic carbocycles. The summed E-state index contributed by atoms with van der Waals surface area (Å²) in [5.41, 5.74) is 4.08. The highest BCUT2D eigenvalue weighted by Crippen LogP contribution is 2.09. The smallest absolute Gasteiger partial charge is 0.00941 e. The van der Waals surface area contributed by atoms with Crippen molar-refractivity contribution in [3.63, 3.8) is 0 Å². The van der Waals surface area contributed by atoms with E-state index in [1.807, 2.05) is 6.07 Å². The van der Waals surface area contributed by atoms with Gasteiger partial charge in [-0.3, -0.25) is 0 Å². The predicted octanol–water partition coefficient (Wildman–Crippen LogP) is 4.90. The van der Waals surface area contributed by atoms with E-state index in [-0.39, 0.29) is 0 Å². The molecule has 18 heavy (non-hydrogen) atoms. The van der Waals surface area contributed by atoms with Crippen molar-refractivity contribution < 1.29 is 0 Å². The molecule has 0 unspecified atom stereocenters. The Labute approximate surface area is 110 Å². The van der Waals surface area contributed by atoms with Crippen LogP contribution < -0.4 is 0 Å². The number of hydrogen-bond acceptors (Lipinski definition) is 0. The van der Waals surface area contributed by atoms with E-state index >= 15 is 0 Å². The Kier molecular flexibility index (Phi) is 4.78. The van der Waals surface area contributed by atoms with Gasteiger partial charge in [0.1, 0.15) is 0 Å². The zero-order valence-electron chi connectivity index (χ0n) is 11.0. The van der Waals surface area contributed by atoms with Crippen LogP contribution in [0.2, 0.25) is 0 Å². The van der Waals surface area contributed by atoms with Gasteiger partial charge in [-0.25, -0.2) is 0 Å². The molecular formula is C18H20. The summed E-state index contributed by atoms with van der Waals surface area (Å²) in [4.78, 5) is 0. The summed E-state index contributed by atoms with van der Waals surface area (Å²) >= 11 is 0. The maximum absolute atomic E-state index is 2.25. The first-order valence-corrected chi connectivity index (χ1v) is 6.68. The van der Waals surface area contributed by atoms with Crippen molar-refractivity contribution in [2.24, 2.45) is 0 Å². The van der Waals surface area contributed by atoms with Gasteiger partial charge in [-0.2, -0.15) is 0 Å². The molecule has 0 heterocycles. The molecule has 0 fully saturated rings. The fourth-order valence-electron chi connectivity index (χ4n) is 2.03. The molecule has 2 aromatic carbocycles. The highest BCUT2D eigenvalue weighted by Gasteiger charge is 1.92. The van der Waals surface area contributed by atoms with Crippen molar-refractivity contribution in [1.29, 1.82) is 0 Å². The van der Waals surface area contributed by atoms with Gasteiger partial charge in [0.05, 0.1) is 0 Å². The second-order valence-corrected chi connectivity index (χ2v) is 4.58. The number of allylic oxidation sites excluding steroid dienone is 1. The molecule has 0 aliphatic heterocycles. The van der Waals surface area contributed by atoms with Crippen LogP contribution in [0.25, 0.3) is 6.08 Å². The Bertz CT molecular complexity index is 477. The molecule has 2 rings (SSSR count). The molecule has 0 heteroatoms. The van der Waals surface area contributed by atoms with Gasteiger partial charge < -0.3 is 0 Å². The van der Waals surface area contributed by atoms with Gasteiger partial charge in [-0.1, -0.05) is 80.1 Å². The normalized spacial score (nSPS) is 10.9. The van der Waals surface area contributed by atoms with E-state index in [2.05, 4.69) is 67.6 Å². The summed E-state index contributed by atoms with van der Waals surface area (Å²) in [6.07, 6.45) is 7.80. The zero-order chi connectivity index (χ0) is 12.6. The molecule has 0 spiro atoms. The van der Waals surface area contributed by atoms with Crippen LogP contribution in [0.5, 0.6) is 0 Å². The van der Waals surface area contributed by atoms with Crippen LogP contribution in [-0.4, -0.2) is 0 Å². The van der Waals surface area contributed by atoms with E-state index in [9.17, 15) is 0 Å². The van der Waals surface area contributed by atoms with Gasteiger partial charge in [0.2, 0.25) is 0 Å². The highest BCUT2D eigenvalue weighted by atomic mass is 14.0. The fraction of sp³-hybridized carbons (Fsp3) is 0.222. The lowest BCUT2D eigenvalue weighted by Gasteiger charge is -2.00. The van der Waals surface area contributed by atoms with Gasteiger partial charge in [-0.05, 0) is 29.5 Å². The lowest BCUT2D eigenvalue weighted by atomic mass is 10.1. The topological polar surface area (TPSA) is 0 Å². The van der Waals surface area contributed by atoms with Crippen LogP contribution in [0.15, 0.2) is 60.7 Å². The minimum atomic E-state index is 1.00. The number of hydrogen-bond donors (Lipinski definition) is 0. The second kappa shape index (κ2) is 6.80. The quantitative estimate of drug-likeness (QED) is 0.693. The summed E-state index contributed by atoms with van der Waals surface area (Å²) in [6.45, 7) is 2.22.